The van der Waals surface area contributed by atoms with Gasteiger partial charge in [0.15, 0.2) is 0 Å². The molecule has 1 unspecified atom stereocenters. The van der Waals surface area contributed by atoms with Crippen LogP contribution in [0.3, 0.4) is 0 Å². The maximum absolute atomic E-state index is 6.20. The first-order valence-corrected chi connectivity index (χ1v) is 6.47. The van der Waals surface area contributed by atoms with E-state index in [1.807, 2.05) is 6.07 Å². The van der Waals surface area contributed by atoms with Gasteiger partial charge >= 0.3 is 0 Å². The molecule has 14 heavy (non-hydrogen) atoms. The van der Waals surface area contributed by atoms with Gasteiger partial charge in [-0.05, 0) is 42.5 Å². The largest absolute Gasteiger partial charge is 0.324 e. The summed E-state index contributed by atoms with van der Waals surface area (Å²) in [5.41, 5.74) is 7.43. The Balaban J connectivity index is 2.21. The minimum atomic E-state index is 0.206. The molecule has 1 aromatic carbocycles. The molecule has 2 rings (SSSR count). The highest BCUT2D eigenvalue weighted by Crippen LogP contribution is 2.37. The molecule has 0 amide bonds. The van der Waals surface area contributed by atoms with Gasteiger partial charge in [0.25, 0.3) is 0 Å². The van der Waals surface area contributed by atoms with Gasteiger partial charge in [-0.3, -0.25) is 0 Å². The van der Waals surface area contributed by atoms with Crippen LogP contribution < -0.4 is 5.73 Å². The highest BCUT2D eigenvalue weighted by Gasteiger charge is 2.25. The van der Waals surface area contributed by atoms with Gasteiger partial charge in [0.2, 0.25) is 0 Å². The molecule has 1 aliphatic rings. The van der Waals surface area contributed by atoms with Gasteiger partial charge in [0.05, 0.1) is 0 Å². The second-order valence-electron chi connectivity index (χ2n) is 3.92. The van der Waals surface area contributed by atoms with Crippen molar-refractivity contribution < 1.29 is 0 Å². The van der Waals surface area contributed by atoms with Crippen molar-refractivity contribution in [1.29, 1.82) is 0 Å². The lowest BCUT2D eigenvalue weighted by molar-refractivity contribution is 0.264. The quantitative estimate of drug-likeness (QED) is 0.876. The molecule has 1 saturated carbocycles. The summed E-state index contributed by atoms with van der Waals surface area (Å²) in [5.74, 6) is 0.691. The fourth-order valence-corrected chi connectivity index (χ4v) is 3.17. The van der Waals surface area contributed by atoms with Crippen LogP contribution in [0.15, 0.2) is 27.1 Å². The number of hydrogen-bond donors (Lipinski definition) is 1. The van der Waals surface area contributed by atoms with Crippen LogP contribution in [0.4, 0.5) is 0 Å². The second-order valence-corrected chi connectivity index (χ2v) is 5.75. The summed E-state index contributed by atoms with van der Waals surface area (Å²) in [5, 5.41) is 0. The molecule has 0 saturated heterocycles. The summed E-state index contributed by atoms with van der Waals surface area (Å²) in [6.07, 6.45) is 3.91. The average Bonchev–Trinajstić information content (AvgIpc) is 1.98. The molecule has 0 aromatic heterocycles. The maximum atomic E-state index is 6.20. The lowest BCUT2D eigenvalue weighted by atomic mass is 9.78. The molecule has 0 aliphatic heterocycles. The summed E-state index contributed by atoms with van der Waals surface area (Å²) in [7, 11) is 0. The van der Waals surface area contributed by atoms with E-state index in [-0.39, 0.29) is 6.04 Å². The van der Waals surface area contributed by atoms with Gasteiger partial charge in [-0.1, -0.05) is 38.3 Å². The molecule has 76 valence electrons. The topological polar surface area (TPSA) is 26.0 Å². The lowest BCUT2D eigenvalue weighted by Gasteiger charge is -2.31. The molecular weight excluding hydrogens is 306 g/mol. The normalized spacial score (nSPS) is 19.1. The fraction of sp³-hybridized carbons (Fsp3) is 0.455. The van der Waals surface area contributed by atoms with Crippen LogP contribution in [0.2, 0.25) is 0 Å². The van der Waals surface area contributed by atoms with Gasteiger partial charge in [-0.15, -0.1) is 0 Å². The lowest BCUT2D eigenvalue weighted by Crippen LogP contribution is -2.26. The zero-order chi connectivity index (χ0) is 10.1. The monoisotopic (exact) mass is 317 g/mol. The van der Waals surface area contributed by atoms with Crippen LogP contribution in [0.5, 0.6) is 0 Å². The molecule has 3 heteroatoms. The third-order valence-electron chi connectivity index (χ3n) is 2.93. The van der Waals surface area contributed by atoms with Gasteiger partial charge in [-0.25, -0.2) is 0 Å². The molecule has 1 aromatic rings. The van der Waals surface area contributed by atoms with Crippen LogP contribution >= 0.6 is 31.9 Å². The Morgan fingerprint density at radius 2 is 1.71 bits per heavy atom. The van der Waals surface area contributed by atoms with Gasteiger partial charge in [-0.2, -0.15) is 0 Å². The Kier molecular flexibility index (Phi) is 3.30. The first kappa shape index (κ1) is 10.7. The number of rotatable bonds is 2. The highest BCUT2D eigenvalue weighted by molar-refractivity contribution is 9.11. The molecule has 0 bridgehead atoms. The van der Waals surface area contributed by atoms with Crippen molar-refractivity contribution in [2.75, 3.05) is 0 Å². The highest BCUT2D eigenvalue weighted by atomic mass is 79.9. The molecular formula is C11H13Br2N. The Labute approximate surface area is 101 Å². The van der Waals surface area contributed by atoms with E-state index in [9.17, 15) is 0 Å². The SMILES string of the molecule is NC(c1cc(Br)cc(Br)c1)C1CCC1. The third-order valence-corrected chi connectivity index (χ3v) is 3.84. The van der Waals surface area contributed by atoms with Crippen LogP contribution in [-0.4, -0.2) is 0 Å². The minimum absolute atomic E-state index is 0.206. The Morgan fingerprint density at radius 3 is 2.14 bits per heavy atom. The van der Waals surface area contributed by atoms with E-state index in [0.717, 1.165) is 8.95 Å². The van der Waals surface area contributed by atoms with Crippen molar-refractivity contribution in [1.82, 2.24) is 0 Å². The van der Waals surface area contributed by atoms with E-state index >= 15 is 0 Å². The molecule has 0 spiro atoms. The fourth-order valence-electron chi connectivity index (χ4n) is 1.84. The Bertz CT molecular complexity index is 314. The Hall–Kier alpha value is 0.140. The molecule has 2 N–H and O–H groups in total. The molecule has 1 atom stereocenters. The van der Waals surface area contributed by atoms with Crippen LogP contribution in [0, 0.1) is 5.92 Å². The molecule has 0 heterocycles. The van der Waals surface area contributed by atoms with E-state index < -0.39 is 0 Å². The first-order chi connectivity index (χ1) is 6.66. The van der Waals surface area contributed by atoms with Crippen molar-refractivity contribution >= 4 is 31.9 Å². The summed E-state index contributed by atoms with van der Waals surface area (Å²) in [6, 6.07) is 6.48. The summed E-state index contributed by atoms with van der Waals surface area (Å²) in [4.78, 5) is 0. The van der Waals surface area contributed by atoms with E-state index in [1.165, 1.54) is 24.8 Å². The van der Waals surface area contributed by atoms with Gasteiger partial charge in [0, 0.05) is 15.0 Å². The molecule has 1 aliphatic carbocycles. The summed E-state index contributed by atoms with van der Waals surface area (Å²) >= 11 is 6.97. The van der Waals surface area contributed by atoms with Crippen molar-refractivity contribution in [3.8, 4) is 0 Å². The number of benzene rings is 1. The summed E-state index contributed by atoms with van der Waals surface area (Å²) in [6.45, 7) is 0. The third kappa shape index (κ3) is 2.20. The number of hydrogen-bond acceptors (Lipinski definition) is 1. The zero-order valence-corrected chi connectivity index (χ0v) is 11.0. The van der Waals surface area contributed by atoms with Gasteiger partial charge in [0.1, 0.15) is 0 Å². The maximum Gasteiger partial charge on any atom is 0.0324 e. The zero-order valence-electron chi connectivity index (χ0n) is 7.84. The van der Waals surface area contributed by atoms with E-state index in [0.29, 0.717) is 5.92 Å². The Morgan fingerprint density at radius 1 is 1.14 bits per heavy atom. The smallest absolute Gasteiger partial charge is 0.0324 e. The second kappa shape index (κ2) is 4.33. The van der Waals surface area contributed by atoms with E-state index in [1.54, 1.807) is 0 Å². The van der Waals surface area contributed by atoms with Crippen LogP contribution in [0.25, 0.3) is 0 Å². The van der Waals surface area contributed by atoms with Crippen molar-refractivity contribution in [3.63, 3.8) is 0 Å². The van der Waals surface area contributed by atoms with Crippen molar-refractivity contribution in [2.24, 2.45) is 11.7 Å². The number of halogens is 2. The molecule has 1 nitrogen and oxygen atoms in total. The predicted molar refractivity (Wildman–Crippen MR) is 66.1 cm³/mol. The standard InChI is InChI=1S/C11H13Br2N/c12-9-4-8(5-10(13)6-9)11(14)7-2-1-3-7/h4-7,11H,1-3,14H2. The van der Waals surface area contributed by atoms with Crippen LogP contribution in [0.1, 0.15) is 30.9 Å². The molecule has 0 radical (unpaired) electrons. The molecule has 1 fully saturated rings. The predicted octanol–water partition coefficient (Wildman–Crippen LogP) is 4.01. The average molecular weight is 319 g/mol. The van der Waals surface area contributed by atoms with Gasteiger partial charge < -0.3 is 5.73 Å². The van der Waals surface area contributed by atoms with E-state index in [4.69, 9.17) is 5.73 Å². The van der Waals surface area contributed by atoms with Crippen molar-refractivity contribution in [3.05, 3.63) is 32.7 Å². The van der Waals surface area contributed by atoms with Crippen molar-refractivity contribution in [2.45, 2.75) is 25.3 Å². The van der Waals surface area contributed by atoms with E-state index in [2.05, 4.69) is 44.0 Å². The van der Waals surface area contributed by atoms with Crippen LogP contribution in [-0.2, 0) is 0 Å². The minimum Gasteiger partial charge on any atom is -0.324 e. The summed E-state index contributed by atoms with van der Waals surface area (Å²) < 4.78 is 2.19. The first-order valence-electron chi connectivity index (χ1n) is 4.88. The number of nitrogens with two attached hydrogens (primary N) is 1.